The van der Waals surface area contributed by atoms with E-state index >= 15 is 0 Å². The molecule has 21 heavy (non-hydrogen) atoms. The molecule has 0 fully saturated rings. The van der Waals surface area contributed by atoms with Gasteiger partial charge in [-0.1, -0.05) is 39.7 Å². The van der Waals surface area contributed by atoms with Gasteiger partial charge in [-0.05, 0) is 18.2 Å². The normalized spacial score (nSPS) is 11.0. The van der Waals surface area contributed by atoms with Crippen LogP contribution < -0.4 is 0 Å². The van der Waals surface area contributed by atoms with Crippen LogP contribution in [0.2, 0.25) is 5.02 Å². The molecule has 0 saturated carbocycles. The average Bonchev–Trinajstić information content (AvgIpc) is 2.91. The number of thiophene rings is 1. The molecule has 0 aliphatic rings. The van der Waals surface area contributed by atoms with E-state index < -0.39 is 0 Å². The number of nitrogens with zero attached hydrogens (tertiary/aromatic N) is 1. The SMILES string of the molecule is O=C(CBr)c1cc(Cl)cc(-c2csc3c(F)cccc23)n1. The largest absolute Gasteiger partial charge is 0.291 e. The van der Waals surface area contributed by atoms with Crippen LogP contribution in [0.15, 0.2) is 35.7 Å². The number of aromatic nitrogens is 1. The standard InChI is InChI=1S/C15H8BrClFNOS/c16-6-14(20)13-5-8(17)4-12(19-13)10-7-21-15-9(10)2-1-3-11(15)18/h1-5,7H,6H2. The molecule has 0 spiro atoms. The van der Waals surface area contributed by atoms with Crippen LogP contribution in [0.3, 0.4) is 0 Å². The Morgan fingerprint density at radius 3 is 2.95 bits per heavy atom. The topological polar surface area (TPSA) is 30.0 Å². The maximum atomic E-state index is 13.8. The minimum atomic E-state index is -0.262. The van der Waals surface area contributed by atoms with Gasteiger partial charge in [0.2, 0.25) is 0 Å². The quantitative estimate of drug-likeness (QED) is 0.451. The van der Waals surface area contributed by atoms with E-state index in [0.717, 1.165) is 10.9 Å². The van der Waals surface area contributed by atoms with Crippen LogP contribution in [0.4, 0.5) is 4.39 Å². The highest BCUT2D eigenvalue weighted by atomic mass is 79.9. The van der Waals surface area contributed by atoms with E-state index in [1.165, 1.54) is 23.5 Å². The number of hydrogen-bond acceptors (Lipinski definition) is 3. The Morgan fingerprint density at radius 1 is 1.38 bits per heavy atom. The minimum Gasteiger partial charge on any atom is -0.291 e. The summed E-state index contributed by atoms with van der Waals surface area (Å²) in [5.74, 6) is -0.410. The van der Waals surface area contributed by atoms with E-state index in [1.807, 2.05) is 11.4 Å². The Bertz CT molecular complexity index is 849. The minimum absolute atomic E-state index is 0.149. The molecular weight excluding hydrogens is 377 g/mol. The summed E-state index contributed by atoms with van der Waals surface area (Å²) >= 11 is 10.5. The molecule has 1 aromatic carbocycles. The van der Waals surface area contributed by atoms with Gasteiger partial charge >= 0.3 is 0 Å². The highest BCUT2D eigenvalue weighted by Gasteiger charge is 2.14. The summed E-state index contributed by atoms with van der Waals surface area (Å²) in [6, 6.07) is 8.12. The second-order valence-electron chi connectivity index (χ2n) is 4.38. The molecule has 0 atom stereocenters. The van der Waals surface area contributed by atoms with Crippen molar-refractivity contribution >= 4 is 54.7 Å². The third-order valence-corrected chi connectivity index (χ3v) is 4.76. The zero-order valence-electron chi connectivity index (χ0n) is 10.6. The summed E-state index contributed by atoms with van der Waals surface area (Å²) in [7, 11) is 0. The first kappa shape index (κ1) is 14.6. The molecule has 0 unspecified atom stereocenters. The number of rotatable bonds is 3. The van der Waals surface area contributed by atoms with Gasteiger partial charge in [-0.2, -0.15) is 0 Å². The number of fused-ring (bicyclic) bond motifs is 1. The van der Waals surface area contributed by atoms with E-state index in [4.69, 9.17) is 11.6 Å². The van der Waals surface area contributed by atoms with Crippen LogP contribution in [0, 0.1) is 5.82 Å². The maximum Gasteiger partial charge on any atom is 0.191 e. The Balaban J connectivity index is 2.21. The van der Waals surface area contributed by atoms with Crippen molar-refractivity contribution in [3.63, 3.8) is 0 Å². The molecule has 2 nitrogen and oxygen atoms in total. The van der Waals surface area contributed by atoms with E-state index in [0.29, 0.717) is 21.1 Å². The zero-order valence-corrected chi connectivity index (χ0v) is 13.7. The van der Waals surface area contributed by atoms with Gasteiger partial charge in [-0.3, -0.25) is 4.79 Å². The van der Waals surface area contributed by atoms with Crippen LogP contribution in [-0.4, -0.2) is 16.1 Å². The molecule has 2 aromatic heterocycles. The van der Waals surface area contributed by atoms with Crippen molar-refractivity contribution < 1.29 is 9.18 Å². The summed E-state index contributed by atoms with van der Waals surface area (Å²) in [4.78, 5) is 16.1. The number of alkyl halides is 1. The van der Waals surface area contributed by atoms with Crippen molar-refractivity contribution in [2.75, 3.05) is 5.33 Å². The van der Waals surface area contributed by atoms with E-state index in [9.17, 15) is 9.18 Å². The van der Waals surface area contributed by atoms with Crippen molar-refractivity contribution in [2.45, 2.75) is 0 Å². The number of hydrogen-bond donors (Lipinski definition) is 0. The molecule has 106 valence electrons. The molecular formula is C15H8BrClFNOS. The summed E-state index contributed by atoms with van der Waals surface area (Å²) in [5, 5.41) is 3.21. The number of Topliss-reactive ketones (excluding diaryl/α,β-unsaturated/α-hetero) is 1. The van der Waals surface area contributed by atoms with Gasteiger partial charge in [0.25, 0.3) is 0 Å². The van der Waals surface area contributed by atoms with E-state index in [2.05, 4.69) is 20.9 Å². The molecule has 0 aliphatic heterocycles. The van der Waals surface area contributed by atoms with Crippen molar-refractivity contribution in [2.24, 2.45) is 0 Å². The number of benzene rings is 1. The fourth-order valence-corrected chi connectivity index (χ4v) is 3.53. The van der Waals surface area contributed by atoms with Crippen molar-refractivity contribution in [3.05, 3.63) is 52.2 Å². The highest BCUT2D eigenvalue weighted by Crippen LogP contribution is 2.35. The van der Waals surface area contributed by atoms with Gasteiger partial charge in [-0.25, -0.2) is 9.37 Å². The van der Waals surface area contributed by atoms with Gasteiger partial charge < -0.3 is 0 Å². The van der Waals surface area contributed by atoms with Gasteiger partial charge in [-0.15, -0.1) is 11.3 Å². The second-order valence-corrected chi connectivity index (χ2v) is 6.26. The smallest absolute Gasteiger partial charge is 0.191 e. The molecule has 0 aliphatic carbocycles. The van der Waals surface area contributed by atoms with Crippen LogP contribution >= 0.6 is 38.9 Å². The Hall–Kier alpha value is -1.30. The van der Waals surface area contributed by atoms with E-state index in [-0.39, 0.29) is 16.9 Å². The Kier molecular flexibility index (Phi) is 4.06. The monoisotopic (exact) mass is 383 g/mol. The molecule has 2 heterocycles. The van der Waals surface area contributed by atoms with Gasteiger partial charge in [0.15, 0.2) is 5.78 Å². The van der Waals surface area contributed by atoms with Crippen molar-refractivity contribution in [1.82, 2.24) is 4.98 Å². The Labute approximate surface area is 137 Å². The van der Waals surface area contributed by atoms with Crippen molar-refractivity contribution in [1.29, 1.82) is 0 Å². The molecule has 3 rings (SSSR count). The van der Waals surface area contributed by atoms with Crippen LogP contribution in [0.25, 0.3) is 21.3 Å². The lowest BCUT2D eigenvalue weighted by atomic mass is 10.1. The fourth-order valence-electron chi connectivity index (χ4n) is 2.07. The summed E-state index contributed by atoms with van der Waals surface area (Å²) in [6.07, 6.45) is 0. The predicted octanol–water partition coefficient (Wildman–Crippen LogP) is 5.33. The van der Waals surface area contributed by atoms with Gasteiger partial charge in [0.05, 0.1) is 15.7 Å². The van der Waals surface area contributed by atoms with Crippen LogP contribution in [0.5, 0.6) is 0 Å². The lowest BCUT2D eigenvalue weighted by Crippen LogP contribution is -2.03. The third kappa shape index (κ3) is 2.73. The first-order valence-electron chi connectivity index (χ1n) is 6.03. The van der Waals surface area contributed by atoms with Crippen LogP contribution in [0.1, 0.15) is 10.5 Å². The highest BCUT2D eigenvalue weighted by molar-refractivity contribution is 9.09. The Morgan fingerprint density at radius 2 is 2.19 bits per heavy atom. The molecule has 0 bridgehead atoms. The molecule has 6 heteroatoms. The zero-order chi connectivity index (χ0) is 15.0. The average molecular weight is 385 g/mol. The number of ketones is 1. The summed E-state index contributed by atoms with van der Waals surface area (Å²) < 4.78 is 14.3. The number of halogens is 3. The van der Waals surface area contributed by atoms with Crippen LogP contribution in [-0.2, 0) is 0 Å². The van der Waals surface area contributed by atoms with E-state index in [1.54, 1.807) is 12.1 Å². The molecule has 0 radical (unpaired) electrons. The van der Waals surface area contributed by atoms with Crippen molar-refractivity contribution in [3.8, 4) is 11.3 Å². The first-order chi connectivity index (χ1) is 10.1. The second kappa shape index (κ2) is 5.83. The lowest BCUT2D eigenvalue weighted by Gasteiger charge is -2.04. The maximum absolute atomic E-state index is 13.8. The number of carbonyl (C=O) groups is 1. The molecule has 0 saturated heterocycles. The predicted molar refractivity (Wildman–Crippen MR) is 88.1 cm³/mol. The molecule has 0 N–H and O–H groups in total. The number of carbonyl (C=O) groups excluding carboxylic acids is 1. The molecule has 3 aromatic rings. The summed E-state index contributed by atoms with van der Waals surface area (Å²) in [6.45, 7) is 0. The summed E-state index contributed by atoms with van der Waals surface area (Å²) in [5.41, 5.74) is 1.65. The lowest BCUT2D eigenvalue weighted by molar-refractivity contribution is 0.101. The number of pyridine rings is 1. The third-order valence-electron chi connectivity index (χ3n) is 3.02. The molecule has 0 amide bonds. The van der Waals surface area contributed by atoms with Gasteiger partial charge in [0.1, 0.15) is 11.5 Å². The van der Waals surface area contributed by atoms with Gasteiger partial charge in [0, 0.05) is 21.4 Å². The fraction of sp³-hybridized carbons (Fsp3) is 0.0667. The first-order valence-corrected chi connectivity index (χ1v) is 8.41.